The number of nitrogens with zero attached hydrogens (tertiary/aromatic N) is 3. The van der Waals surface area contributed by atoms with Gasteiger partial charge in [0.25, 0.3) is 0 Å². The molecule has 2 aromatic rings. The number of rotatable bonds is 5. The minimum atomic E-state index is -3.64. The Balaban J connectivity index is 1.89. The lowest BCUT2D eigenvalue weighted by Crippen LogP contribution is -2.44. The smallest absolute Gasteiger partial charge is 0.238 e. The normalized spacial score (nSPS) is 15.8. The van der Waals surface area contributed by atoms with E-state index in [-0.39, 0.29) is 11.6 Å². The molecule has 0 radical (unpaired) electrons. The highest BCUT2D eigenvalue weighted by Crippen LogP contribution is 2.34. The van der Waals surface area contributed by atoms with E-state index in [4.69, 9.17) is 4.74 Å². The summed E-state index contributed by atoms with van der Waals surface area (Å²) in [6, 6.07) is 7.47. The number of pyridine rings is 1. The SMILES string of the molecule is COC(CS(=O)(=O)N1CCN(C)c2ccncc21)c1ccc(F)cc1. The third-order valence-corrected chi connectivity index (χ3v) is 6.10. The molecular weight excluding hydrogens is 345 g/mol. The summed E-state index contributed by atoms with van der Waals surface area (Å²) in [7, 11) is -0.278. The van der Waals surface area contributed by atoms with E-state index in [0.717, 1.165) is 5.69 Å². The molecule has 0 bridgehead atoms. The van der Waals surface area contributed by atoms with E-state index < -0.39 is 16.1 Å². The lowest BCUT2D eigenvalue weighted by molar-refractivity contribution is 0.121. The summed E-state index contributed by atoms with van der Waals surface area (Å²) in [4.78, 5) is 6.05. The molecule has 1 aromatic carbocycles. The van der Waals surface area contributed by atoms with Crippen LogP contribution in [-0.2, 0) is 14.8 Å². The maximum Gasteiger partial charge on any atom is 0.238 e. The molecule has 8 heteroatoms. The second-order valence-electron chi connectivity index (χ2n) is 5.91. The number of sulfonamides is 1. The summed E-state index contributed by atoms with van der Waals surface area (Å²) in [5.74, 6) is -0.603. The van der Waals surface area contributed by atoms with E-state index in [9.17, 15) is 12.8 Å². The Bertz CT molecular complexity index is 842. The van der Waals surface area contributed by atoms with Crippen LogP contribution in [0.15, 0.2) is 42.7 Å². The molecule has 0 amide bonds. The second kappa shape index (κ2) is 6.97. The fourth-order valence-corrected chi connectivity index (χ4v) is 4.61. The average molecular weight is 365 g/mol. The molecule has 0 saturated carbocycles. The van der Waals surface area contributed by atoms with E-state index in [0.29, 0.717) is 24.3 Å². The topological polar surface area (TPSA) is 62.7 Å². The third-order valence-electron chi connectivity index (χ3n) is 4.32. The molecule has 2 heterocycles. The van der Waals surface area contributed by atoms with Crippen molar-refractivity contribution in [1.82, 2.24) is 4.98 Å². The number of fused-ring (bicyclic) bond motifs is 1. The van der Waals surface area contributed by atoms with Gasteiger partial charge in [0, 0.05) is 26.9 Å². The monoisotopic (exact) mass is 365 g/mol. The zero-order valence-corrected chi connectivity index (χ0v) is 14.9. The van der Waals surface area contributed by atoms with Gasteiger partial charge in [0.2, 0.25) is 10.0 Å². The Kier molecular flexibility index (Phi) is 4.91. The van der Waals surface area contributed by atoms with E-state index in [1.54, 1.807) is 30.6 Å². The molecule has 0 fully saturated rings. The summed E-state index contributed by atoms with van der Waals surface area (Å²) in [6.45, 7) is 0.932. The highest BCUT2D eigenvalue weighted by atomic mass is 32.2. The molecule has 0 saturated heterocycles. The molecule has 25 heavy (non-hydrogen) atoms. The lowest BCUT2D eigenvalue weighted by Gasteiger charge is -2.36. The van der Waals surface area contributed by atoms with Gasteiger partial charge in [0.15, 0.2) is 0 Å². The standard InChI is InChI=1S/C17H20FN3O3S/c1-20-9-10-21(16-11-19-8-7-15(16)20)25(22,23)12-17(24-2)13-3-5-14(18)6-4-13/h3-8,11,17H,9-10,12H2,1-2H3. The van der Waals surface area contributed by atoms with Crippen molar-refractivity contribution in [2.45, 2.75) is 6.10 Å². The predicted octanol–water partition coefficient (Wildman–Crippen LogP) is 2.19. The second-order valence-corrected chi connectivity index (χ2v) is 7.85. The number of methoxy groups -OCH3 is 1. The van der Waals surface area contributed by atoms with Crippen LogP contribution < -0.4 is 9.21 Å². The summed E-state index contributed by atoms with van der Waals surface area (Å²) in [5, 5.41) is 0. The zero-order valence-electron chi connectivity index (χ0n) is 14.1. The molecule has 134 valence electrons. The summed E-state index contributed by atoms with van der Waals surface area (Å²) in [6.07, 6.45) is 2.52. The first-order valence-corrected chi connectivity index (χ1v) is 9.47. The third kappa shape index (κ3) is 3.59. The lowest BCUT2D eigenvalue weighted by atomic mass is 10.1. The highest BCUT2D eigenvalue weighted by molar-refractivity contribution is 7.92. The van der Waals surface area contributed by atoms with E-state index in [2.05, 4.69) is 4.98 Å². The first kappa shape index (κ1) is 17.6. The molecule has 3 rings (SSSR count). The number of benzene rings is 1. The summed E-state index contributed by atoms with van der Waals surface area (Å²) in [5.41, 5.74) is 2.00. The van der Waals surface area contributed by atoms with Crippen LogP contribution in [-0.4, -0.2) is 46.4 Å². The molecule has 0 aliphatic carbocycles. The maximum absolute atomic E-state index is 13.1. The van der Waals surface area contributed by atoms with Crippen LogP contribution in [0.3, 0.4) is 0 Å². The molecule has 1 aromatic heterocycles. The molecule has 0 spiro atoms. The van der Waals surface area contributed by atoms with Crippen LogP contribution >= 0.6 is 0 Å². The van der Waals surface area contributed by atoms with Crippen molar-refractivity contribution in [3.8, 4) is 0 Å². The van der Waals surface area contributed by atoms with Crippen LogP contribution in [0.25, 0.3) is 0 Å². The van der Waals surface area contributed by atoms with Crippen LogP contribution in [0.1, 0.15) is 11.7 Å². The van der Waals surface area contributed by atoms with Crippen LogP contribution in [0, 0.1) is 5.82 Å². The van der Waals surface area contributed by atoms with Crippen molar-refractivity contribution >= 4 is 21.4 Å². The van der Waals surface area contributed by atoms with Gasteiger partial charge in [0.1, 0.15) is 5.82 Å². The number of hydrogen-bond acceptors (Lipinski definition) is 5. The average Bonchev–Trinajstić information content (AvgIpc) is 2.61. The van der Waals surface area contributed by atoms with Crippen LogP contribution in [0.4, 0.5) is 15.8 Å². The van der Waals surface area contributed by atoms with Crippen molar-refractivity contribution in [2.75, 3.05) is 42.2 Å². The van der Waals surface area contributed by atoms with Crippen LogP contribution in [0.5, 0.6) is 0 Å². The van der Waals surface area contributed by atoms with Gasteiger partial charge >= 0.3 is 0 Å². The van der Waals surface area contributed by atoms with Gasteiger partial charge in [-0.2, -0.15) is 0 Å². The van der Waals surface area contributed by atoms with Crippen molar-refractivity contribution in [3.05, 3.63) is 54.1 Å². The van der Waals surface area contributed by atoms with Gasteiger partial charge < -0.3 is 9.64 Å². The number of hydrogen-bond donors (Lipinski definition) is 0. The van der Waals surface area contributed by atoms with Gasteiger partial charge in [-0.15, -0.1) is 0 Å². The Morgan fingerprint density at radius 2 is 1.92 bits per heavy atom. The number of ether oxygens (including phenoxy) is 1. The minimum Gasteiger partial charge on any atom is -0.376 e. The number of halogens is 1. The molecule has 1 unspecified atom stereocenters. The number of likely N-dealkylation sites (N-methyl/N-ethyl adjacent to an activating group) is 1. The summed E-state index contributed by atoms with van der Waals surface area (Å²) >= 11 is 0. The molecule has 1 atom stereocenters. The number of aromatic nitrogens is 1. The largest absolute Gasteiger partial charge is 0.376 e. The Hall–Kier alpha value is -2.19. The quantitative estimate of drug-likeness (QED) is 0.813. The van der Waals surface area contributed by atoms with Gasteiger partial charge in [-0.1, -0.05) is 12.1 Å². The van der Waals surface area contributed by atoms with Crippen molar-refractivity contribution in [3.63, 3.8) is 0 Å². The van der Waals surface area contributed by atoms with Crippen molar-refractivity contribution in [2.24, 2.45) is 0 Å². The fraction of sp³-hybridized carbons (Fsp3) is 0.353. The Morgan fingerprint density at radius 3 is 2.60 bits per heavy atom. The first-order valence-electron chi connectivity index (χ1n) is 7.86. The molecule has 1 aliphatic heterocycles. The Morgan fingerprint density at radius 1 is 1.20 bits per heavy atom. The van der Waals surface area contributed by atoms with Crippen molar-refractivity contribution < 1.29 is 17.5 Å². The van der Waals surface area contributed by atoms with Crippen molar-refractivity contribution in [1.29, 1.82) is 0 Å². The number of anilines is 2. The van der Waals surface area contributed by atoms with E-state index >= 15 is 0 Å². The fourth-order valence-electron chi connectivity index (χ4n) is 2.92. The first-order chi connectivity index (χ1) is 11.9. The van der Waals surface area contributed by atoms with Gasteiger partial charge in [-0.05, 0) is 23.8 Å². The minimum absolute atomic E-state index is 0.229. The molecule has 6 nitrogen and oxygen atoms in total. The molecule has 1 aliphatic rings. The van der Waals surface area contributed by atoms with Crippen LogP contribution in [0.2, 0.25) is 0 Å². The molecular formula is C17H20FN3O3S. The zero-order chi connectivity index (χ0) is 18.0. The van der Waals surface area contributed by atoms with Gasteiger partial charge in [-0.3, -0.25) is 9.29 Å². The van der Waals surface area contributed by atoms with E-state index in [1.165, 1.54) is 23.5 Å². The Labute approximate surface area is 146 Å². The molecule has 0 N–H and O–H groups in total. The van der Waals surface area contributed by atoms with E-state index in [1.807, 2.05) is 11.9 Å². The van der Waals surface area contributed by atoms with Gasteiger partial charge in [0.05, 0.1) is 36.0 Å². The maximum atomic E-state index is 13.1. The predicted molar refractivity (Wildman–Crippen MR) is 94.8 cm³/mol. The highest BCUT2D eigenvalue weighted by Gasteiger charge is 2.32. The summed E-state index contributed by atoms with van der Waals surface area (Å²) < 4.78 is 45.8. The van der Waals surface area contributed by atoms with Gasteiger partial charge in [-0.25, -0.2) is 12.8 Å².